The van der Waals surface area contributed by atoms with E-state index in [-0.39, 0.29) is 12.4 Å². The number of ether oxygens (including phenoxy) is 2. The summed E-state index contributed by atoms with van der Waals surface area (Å²) in [5, 5.41) is 5.63. The zero-order valence-electron chi connectivity index (χ0n) is 14.5. The highest BCUT2D eigenvalue weighted by atomic mass is 32.1. The molecule has 8 heteroatoms. The Morgan fingerprint density at radius 1 is 1.04 bits per heavy atom. The van der Waals surface area contributed by atoms with Crippen LogP contribution in [0, 0.1) is 5.82 Å². The van der Waals surface area contributed by atoms with Crippen LogP contribution in [0.4, 0.5) is 4.39 Å². The van der Waals surface area contributed by atoms with Gasteiger partial charge in [0.25, 0.3) is 5.91 Å². The van der Waals surface area contributed by atoms with Crippen LogP contribution in [0.25, 0.3) is 0 Å². The Morgan fingerprint density at radius 2 is 1.75 bits per heavy atom. The van der Waals surface area contributed by atoms with Crippen molar-refractivity contribution in [1.82, 2.24) is 5.43 Å². The molecular weight excluding hydrogens is 383 g/mol. The number of esters is 1. The number of benzene rings is 2. The van der Waals surface area contributed by atoms with Crippen LogP contribution >= 0.6 is 11.3 Å². The van der Waals surface area contributed by atoms with Gasteiger partial charge in [-0.1, -0.05) is 6.07 Å². The summed E-state index contributed by atoms with van der Waals surface area (Å²) >= 11 is 1.31. The number of carbonyl (C=O) groups is 2. The van der Waals surface area contributed by atoms with E-state index in [4.69, 9.17) is 9.47 Å². The fourth-order valence-electron chi connectivity index (χ4n) is 2.06. The number of amides is 1. The molecule has 0 saturated heterocycles. The number of hydrazone groups is 1. The molecule has 0 aliphatic carbocycles. The average Bonchev–Trinajstić information content (AvgIpc) is 3.24. The minimum atomic E-state index is -0.456. The Labute approximate surface area is 164 Å². The molecule has 0 atom stereocenters. The van der Waals surface area contributed by atoms with E-state index < -0.39 is 11.9 Å². The lowest BCUT2D eigenvalue weighted by atomic mass is 10.2. The van der Waals surface area contributed by atoms with E-state index in [2.05, 4.69) is 10.5 Å². The van der Waals surface area contributed by atoms with Gasteiger partial charge in [0.05, 0.1) is 6.21 Å². The first-order valence-electron chi connectivity index (χ1n) is 8.16. The SMILES string of the molecule is O=C(COc1ccc(F)cc1)N/N=C/c1ccc(OC(=O)c2cccs2)cc1. The van der Waals surface area contributed by atoms with Gasteiger partial charge in [-0.25, -0.2) is 14.6 Å². The van der Waals surface area contributed by atoms with Crippen molar-refractivity contribution in [3.8, 4) is 11.5 Å². The van der Waals surface area contributed by atoms with Crippen molar-refractivity contribution in [2.24, 2.45) is 5.10 Å². The highest BCUT2D eigenvalue weighted by Gasteiger charge is 2.09. The number of nitrogens with one attached hydrogen (secondary N) is 1. The van der Waals surface area contributed by atoms with E-state index in [1.54, 1.807) is 41.8 Å². The zero-order valence-corrected chi connectivity index (χ0v) is 15.3. The number of hydrogen-bond donors (Lipinski definition) is 1. The highest BCUT2D eigenvalue weighted by Crippen LogP contribution is 2.16. The average molecular weight is 398 g/mol. The molecule has 2 aromatic carbocycles. The minimum absolute atomic E-state index is 0.249. The van der Waals surface area contributed by atoms with Crippen LogP contribution < -0.4 is 14.9 Å². The summed E-state index contributed by atoms with van der Waals surface area (Å²) in [6.45, 7) is -0.249. The molecule has 0 aliphatic heterocycles. The van der Waals surface area contributed by atoms with Gasteiger partial charge in [0.2, 0.25) is 0 Å². The topological polar surface area (TPSA) is 77.0 Å². The largest absolute Gasteiger partial charge is 0.484 e. The maximum atomic E-state index is 12.8. The second-order valence-electron chi connectivity index (χ2n) is 5.47. The lowest BCUT2D eigenvalue weighted by molar-refractivity contribution is -0.123. The maximum absolute atomic E-state index is 12.8. The first-order chi connectivity index (χ1) is 13.6. The normalized spacial score (nSPS) is 10.6. The Morgan fingerprint density at radius 3 is 2.43 bits per heavy atom. The van der Waals surface area contributed by atoms with Crippen molar-refractivity contribution in [2.75, 3.05) is 6.61 Å². The van der Waals surface area contributed by atoms with Crippen LogP contribution in [-0.2, 0) is 4.79 Å². The number of halogens is 1. The van der Waals surface area contributed by atoms with Crippen LogP contribution in [0.2, 0.25) is 0 Å². The molecule has 1 heterocycles. The van der Waals surface area contributed by atoms with Gasteiger partial charge in [0.15, 0.2) is 6.61 Å². The maximum Gasteiger partial charge on any atom is 0.353 e. The third-order valence-electron chi connectivity index (χ3n) is 3.40. The molecule has 3 rings (SSSR count). The van der Waals surface area contributed by atoms with Gasteiger partial charge >= 0.3 is 5.97 Å². The van der Waals surface area contributed by atoms with E-state index in [1.807, 2.05) is 0 Å². The monoisotopic (exact) mass is 398 g/mol. The number of carbonyl (C=O) groups excluding carboxylic acids is 2. The first-order valence-corrected chi connectivity index (χ1v) is 9.04. The number of hydrogen-bond acceptors (Lipinski definition) is 6. The molecule has 0 saturated carbocycles. The van der Waals surface area contributed by atoms with Gasteiger partial charge in [0.1, 0.15) is 22.2 Å². The molecule has 1 N–H and O–H groups in total. The van der Waals surface area contributed by atoms with Gasteiger partial charge in [-0.2, -0.15) is 5.10 Å². The van der Waals surface area contributed by atoms with E-state index in [0.717, 1.165) is 0 Å². The molecule has 0 unspecified atom stereocenters. The molecule has 1 amide bonds. The second kappa shape index (κ2) is 9.43. The Bertz CT molecular complexity index is 955. The molecular formula is C20H15FN2O4S. The molecule has 0 bridgehead atoms. The smallest absolute Gasteiger partial charge is 0.353 e. The Balaban J connectivity index is 1.44. The zero-order chi connectivity index (χ0) is 19.8. The standard InChI is InChI=1S/C20H15FN2O4S/c21-15-5-9-16(10-6-15)26-13-19(24)23-22-12-14-3-7-17(8-4-14)27-20(25)18-2-1-11-28-18/h1-12H,13H2,(H,23,24)/b22-12+. The van der Waals surface area contributed by atoms with Crippen molar-refractivity contribution < 1.29 is 23.5 Å². The van der Waals surface area contributed by atoms with E-state index >= 15 is 0 Å². The van der Waals surface area contributed by atoms with Gasteiger partial charge in [0, 0.05) is 0 Å². The van der Waals surface area contributed by atoms with Crippen LogP contribution in [0.5, 0.6) is 11.5 Å². The predicted octanol–water partition coefficient (Wildman–Crippen LogP) is 3.64. The van der Waals surface area contributed by atoms with Gasteiger partial charge in [-0.15, -0.1) is 11.3 Å². The summed E-state index contributed by atoms with van der Waals surface area (Å²) in [5.74, 6) is -0.457. The van der Waals surface area contributed by atoms with E-state index in [0.29, 0.717) is 21.9 Å². The third-order valence-corrected chi connectivity index (χ3v) is 4.25. The summed E-state index contributed by atoms with van der Waals surface area (Å²) in [5.41, 5.74) is 3.03. The summed E-state index contributed by atoms with van der Waals surface area (Å²) in [6.07, 6.45) is 1.45. The molecule has 0 aliphatic rings. The molecule has 3 aromatic rings. The van der Waals surface area contributed by atoms with Crippen LogP contribution in [0.15, 0.2) is 71.1 Å². The molecule has 28 heavy (non-hydrogen) atoms. The third kappa shape index (κ3) is 5.75. The van der Waals surface area contributed by atoms with Crippen molar-refractivity contribution >= 4 is 29.4 Å². The first kappa shape index (κ1) is 19.2. The van der Waals surface area contributed by atoms with Crippen LogP contribution in [0.3, 0.4) is 0 Å². The van der Waals surface area contributed by atoms with Gasteiger partial charge < -0.3 is 9.47 Å². The summed E-state index contributed by atoms with van der Waals surface area (Å²) in [7, 11) is 0. The van der Waals surface area contributed by atoms with Crippen molar-refractivity contribution in [2.45, 2.75) is 0 Å². The number of rotatable bonds is 7. The molecule has 0 spiro atoms. The van der Waals surface area contributed by atoms with Crippen molar-refractivity contribution in [3.05, 3.63) is 82.3 Å². The lowest BCUT2D eigenvalue weighted by Crippen LogP contribution is -2.24. The van der Waals surface area contributed by atoms with E-state index in [9.17, 15) is 14.0 Å². The molecule has 1 aromatic heterocycles. The minimum Gasteiger partial charge on any atom is -0.484 e. The lowest BCUT2D eigenvalue weighted by Gasteiger charge is -2.04. The predicted molar refractivity (Wildman–Crippen MR) is 103 cm³/mol. The van der Waals surface area contributed by atoms with E-state index in [1.165, 1.54) is 41.8 Å². The highest BCUT2D eigenvalue weighted by molar-refractivity contribution is 7.12. The van der Waals surface area contributed by atoms with Crippen LogP contribution in [-0.4, -0.2) is 24.7 Å². The van der Waals surface area contributed by atoms with Gasteiger partial charge in [-0.05, 0) is 65.5 Å². The Kier molecular flexibility index (Phi) is 6.48. The fraction of sp³-hybridized carbons (Fsp3) is 0.0500. The molecule has 6 nitrogen and oxygen atoms in total. The quantitative estimate of drug-likeness (QED) is 0.285. The van der Waals surface area contributed by atoms with Crippen LogP contribution in [0.1, 0.15) is 15.2 Å². The van der Waals surface area contributed by atoms with Gasteiger partial charge in [-0.3, -0.25) is 4.79 Å². The number of nitrogens with zero attached hydrogens (tertiary/aromatic N) is 1. The summed E-state index contributed by atoms with van der Waals surface area (Å²) < 4.78 is 23.3. The summed E-state index contributed by atoms with van der Waals surface area (Å²) in [6, 6.07) is 15.5. The Hall–Kier alpha value is -3.52. The molecule has 0 fully saturated rings. The fourth-order valence-corrected chi connectivity index (χ4v) is 2.66. The summed E-state index contributed by atoms with van der Waals surface area (Å²) in [4.78, 5) is 24.1. The molecule has 142 valence electrons. The second-order valence-corrected chi connectivity index (χ2v) is 6.42. The molecule has 0 radical (unpaired) electrons. The van der Waals surface area contributed by atoms with Crippen molar-refractivity contribution in [1.29, 1.82) is 0 Å². The number of thiophene rings is 1. The van der Waals surface area contributed by atoms with Crippen molar-refractivity contribution in [3.63, 3.8) is 0 Å².